The molecule has 1 saturated carbocycles. The van der Waals surface area contributed by atoms with Crippen LogP contribution in [0.5, 0.6) is 0 Å². The smallest absolute Gasteiger partial charge is 0.0987 e. The Morgan fingerprint density at radius 2 is 2.17 bits per heavy atom. The highest BCUT2D eigenvalue weighted by molar-refractivity contribution is 7.12. The van der Waals surface area contributed by atoms with E-state index in [0.29, 0.717) is 5.92 Å². The van der Waals surface area contributed by atoms with E-state index in [2.05, 4.69) is 19.1 Å². The molecule has 0 amide bonds. The lowest BCUT2D eigenvalue weighted by Crippen LogP contribution is -2.21. The molecule has 1 fully saturated rings. The van der Waals surface area contributed by atoms with E-state index in [9.17, 15) is 5.11 Å². The van der Waals surface area contributed by atoms with Crippen molar-refractivity contribution in [3.05, 3.63) is 21.9 Å². The second-order valence-corrected chi connectivity index (χ2v) is 5.12. The number of hydrogen-bond donors (Lipinski definition) is 1. The average molecular weight is 182 g/mol. The van der Waals surface area contributed by atoms with Crippen LogP contribution in [0.15, 0.2) is 12.1 Å². The standard InChI is InChI=1S/C10H14OS/c1-7-3-6-9(12-7)10(2,11)8-4-5-8/h3,6,8,11H,4-5H2,1-2H3. The van der Waals surface area contributed by atoms with Crippen LogP contribution in [0.3, 0.4) is 0 Å². The van der Waals surface area contributed by atoms with Crippen LogP contribution in [0, 0.1) is 12.8 Å². The fourth-order valence-corrected chi connectivity index (χ4v) is 2.55. The zero-order valence-electron chi connectivity index (χ0n) is 7.50. The van der Waals surface area contributed by atoms with E-state index >= 15 is 0 Å². The molecule has 1 aliphatic rings. The fourth-order valence-electron chi connectivity index (χ4n) is 1.55. The van der Waals surface area contributed by atoms with E-state index in [1.54, 1.807) is 11.3 Å². The van der Waals surface area contributed by atoms with Gasteiger partial charge in [-0.15, -0.1) is 11.3 Å². The highest BCUT2D eigenvalue weighted by atomic mass is 32.1. The number of thiophene rings is 1. The molecule has 1 unspecified atom stereocenters. The molecule has 0 aliphatic heterocycles. The summed E-state index contributed by atoms with van der Waals surface area (Å²) in [6.07, 6.45) is 2.37. The maximum absolute atomic E-state index is 10.1. The van der Waals surface area contributed by atoms with Crippen LogP contribution in [-0.4, -0.2) is 5.11 Å². The molecule has 1 heterocycles. The number of rotatable bonds is 2. The summed E-state index contributed by atoms with van der Waals surface area (Å²) in [5, 5.41) is 10.1. The van der Waals surface area contributed by atoms with Crippen molar-refractivity contribution < 1.29 is 5.11 Å². The Morgan fingerprint density at radius 3 is 2.58 bits per heavy atom. The molecule has 0 bridgehead atoms. The SMILES string of the molecule is Cc1ccc(C(C)(O)C2CC2)s1. The molecule has 2 heteroatoms. The second kappa shape index (κ2) is 2.57. The van der Waals surface area contributed by atoms with Crippen LogP contribution in [0.4, 0.5) is 0 Å². The van der Waals surface area contributed by atoms with E-state index in [1.165, 1.54) is 17.7 Å². The third-order valence-electron chi connectivity index (χ3n) is 2.61. The summed E-state index contributed by atoms with van der Waals surface area (Å²) in [7, 11) is 0. The predicted molar refractivity (Wildman–Crippen MR) is 51.4 cm³/mol. The van der Waals surface area contributed by atoms with E-state index in [1.807, 2.05) is 6.92 Å². The van der Waals surface area contributed by atoms with Crippen molar-refractivity contribution in [2.75, 3.05) is 0 Å². The van der Waals surface area contributed by atoms with Gasteiger partial charge >= 0.3 is 0 Å². The van der Waals surface area contributed by atoms with Gasteiger partial charge in [-0.1, -0.05) is 0 Å². The van der Waals surface area contributed by atoms with Crippen LogP contribution >= 0.6 is 11.3 Å². The van der Waals surface area contributed by atoms with Crippen LogP contribution in [0.1, 0.15) is 29.5 Å². The Bertz CT molecular complexity index is 284. The van der Waals surface area contributed by atoms with E-state index in [4.69, 9.17) is 0 Å². The lowest BCUT2D eigenvalue weighted by atomic mass is 9.99. The van der Waals surface area contributed by atoms with Gasteiger partial charge in [0, 0.05) is 9.75 Å². The van der Waals surface area contributed by atoms with Crippen molar-refractivity contribution in [1.82, 2.24) is 0 Å². The van der Waals surface area contributed by atoms with Crippen molar-refractivity contribution in [3.8, 4) is 0 Å². The normalized spacial score (nSPS) is 22.2. The van der Waals surface area contributed by atoms with Crippen molar-refractivity contribution in [2.45, 2.75) is 32.3 Å². The average Bonchev–Trinajstić information content (AvgIpc) is 2.75. The first-order chi connectivity index (χ1) is 5.60. The molecule has 1 atom stereocenters. The molecule has 2 rings (SSSR count). The van der Waals surface area contributed by atoms with Gasteiger partial charge in [0.2, 0.25) is 0 Å². The van der Waals surface area contributed by atoms with Crippen LogP contribution in [-0.2, 0) is 5.60 Å². The Hall–Kier alpha value is -0.340. The van der Waals surface area contributed by atoms with Gasteiger partial charge in [0.1, 0.15) is 0 Å². The van der Waals surface area contributed by atoms with Crippen LogP contribution < -0.4 is 0 Å². The first kappa shape index (κ1) is 8.27. The van der Waals surface area contributed by atoms with Gasteiger partial charge in [0.15, 0.2) is 0 Å². The topological polar surface area (TPSA) is 20.2 Å². The molecular formula is C10H14OS. The van der Waals surface area contributed by atoms with Gasteiger partial charge in [0.05, 0.1) is 5.60 Å². The van der Waals surface area contributed by atoms with Crippen molar-refractivity contribution >= 4 is 11.3 Å². The molecule has 1 aromatic rings. The maximum atomic E-state index is 10.1. The summed E-state index contributed by atoms with van der Waals surface area (Å²) in [6, 6.07) is 4.13. The van der Waals surface area contributed by atoms with Gasteiger partial charge < -0.3 is 5.11 Å². The number of aryl methyl sites for hydroxylation is 1. The molecule has 12 heavy (non-hydrogen) atoms. The quantitative estimate of drug-likeness (QED) is 0.745. The third-order valence-corrected chi connectivity index (χ3v) is 3.84. The number of hydrogen-bond acceptors (Lipinski definition) is 2. The van der Waals surface area contributed by atoms with Gasteiger partial charge in [0.25, 0.3) is 0 Å². The largest absolute Gasteiger partial charge is 0.384 e. The molecular weight excluding hydrogens is 168 g/mol. The highest BCUT2D eigenvalue weighted by Crippen LogP contribution is 2.47. The first-order valence-electron chi connectivity index (χ1n) is 4.40. The minimum absolute atomic E-state index is 0.510. The first-order valence-corrected chi connectivity index (χ1v) is 5.21. The lowest BCUT2D eigenvalue weighted by molar-refractivity contribution is 0.0368. The third kappa shape index (κ3) is 1.29. The zero-order valence-corrected chi connectivity index (χ0v) is 8.32. The van der Waals surface area contributed by atoms with Crippen molar-refractivity contribution in [2.24, 2.45) is 5.92 Å². The molecule has 0 spiro atoms. The summed E-state index contributed by atoms with van der Waals surface area (Å²) in [4.78, 5) is 2.41. The minimum atomic E-state index is -0.557. The van der Waals surface area contributed by atoms with Gasteiger partial charge in [-0.3, -0.25) is 0 Å². The van der Waals surface area contributed by atoms with Crippen molar-refractivity contribution in [1.29, 1.82) is 0 Å². The minimum Gasteiger partial charge on any atom is -0.384 e. The van der Waals surface area contributed by atoms with Crippen molar-refractivity contribution in [3.63, 3.8) is 0 Å². The monoisotopic (exact) mass is 182 g/mol. The zero-order chi connectivity index (χ0) is 8.77. The maximum Gasteiger partial charge on any atom is 0.0987 e. The molecule has 1 nitrogen and oxygen atoms in total. The molecule has 1 N–H and O–H groups in total. The Balaban J connectivity index is 2.27. The Kier molecular flexibility index (Phi) is 1.77. The summed E-state index contributed by atoms with van der Waals surface area (Å²) in [6.45, 7) is 4.02. The summed E-state index contributed by atoms with van der Waals surface area (Å²) >= 11 is 1.71. The van der Waals surface area contributed by atoms with E-state index in [0.717, 1.165) is 4.88 Å². The molecule has 0 saturated heterocycles. The molecule has 1 aromatic heterocycles. The lowest BCUT2D eigenvalue weighted by Gasteiger charge is -2.20. The Labute approximate surface area is 77.0 Å². The molecule has 1 aliphatic carbocycles. The summed E-state index contributed by atoms with van der Waals surface area (Å²) in [5.74, 6) is 0.510. The van der Waals surface area contributed by atoms with Gasteiger partial charge in [-0.2, -0.15) is 0 Å². The number of aliphatic hydroxyl groups is 1. The second-order valence-electron chi connectivity index (χ2n) is 3.83. The van der Waals surface area contributed by atoms with Crippen LogP contribution in [0.2, 0.25) is 0 Å². The molecule has 0 aromatic carbocycles. The fraction of sp³-hybridized carbons (Fsp3) is 0.600. The van der Waals surface area contributed by atoms with E-state index < -0.39 is 5.60 Å². The molecule has 0 radical (unpaired) electrons. The Morgan fingerprint density at radius 1 is 1.50 bits per heavy atom. The van der Waals surface area contributed by atoms with Gasteiger partial charge in [-0.25, -0.2) is 0 Å². The predicted octanol–water partition coefficient (Wildman–Crippen LogP) is 2.67. The van der Waals surface area contributed by atoms with E-state index in [-0.39, 0.29) is 0 Å². The van der Waals surface area contributed by atoms with Crippen LogP contribution in [0.25, 0.3) is 0 Å². The molecule has 66 valence electrons. The summed E-state index contributed by atoms with van der Waals surface area (Å²) in [5.41, 5.74) is -0.557. The highest BCUT2D eigenvalue weighted by Gasteiger charge is 2.41. The summed E-state index contributed by atoms with van der Waals surface area (Å²) < 4.78 is 0. The van der Waals surface area contributed by atoms with Gasteiger partial charge in [-0.05, 0) is 44.7 Å².